The Morgan fingerprint density at radius 1 is 1.29 bits per heavy atom. The summed E-state index contributed by atoms with van der Waals surface area (Å²) in [6, 6.07) is 11.3. The summed E-state index contributed by atoms with van der Waals surface area (Å²) < 4.78 is 0. The molecular weight excluding hydrogens is 428 g/mol. The number of carboxylic acid groups (broad SMARTS) is 1. The first-order valence-electron chi connectivity index (χ1n) is 10.8. The van der Waals surface area contributed by atoms with E-state index in [4.69, 9.17) is 15.6 Å². The van der Waals surface area contributed by atoms with Gasteiger partial charge >= 0.3 is 0 Å². The molecule has 0 saturated carbocycles. The number of aliphatic imine (C=N–C) groups is 1. The third-order valence-corrected chi connectivity index (χ3v) is 7.19. The van der Waals surface area contributed by atoms with Crippen LogP contribution in [0.25, 0.3) is 0 Å². The first-order valence-corrected chi connectivity index (χ1v) is 12.7. The van der Waals surface area contributed by atoms with E-state index in [2.05, 4.69) is 39.9 Å². The Balaban J connectivity index is 0.000000630. The smallest absolute Gasteiger partial charge is 0.290 e. The fraction of sp³-hybridized carbons (Fsp3) is 0.478. The van der Waals surface area contributed by atoms with Crippen LogP contribution >= 0.6 is 23.1 Å². The van der Waals surface area contributed by atoms with Gasteiger partial charge in [-0.05, 0) is 56.0 Å². The number of benzene rings is 1. The number of amidine groups is 1. The number of hydrogen-bond donors (Lipinski definition) is 2. The van der Waals surface area contributed by atoms with Gasteiger partial charge in [-0.1, -0.05) is 19.9 Å². The monoisotopic (exact) mass is 462 g/mol. The number of thiophene rings is 1. The van der Waals surface area contributed by atoms with Crippen molar-refractivity contribution >= 4 is 46.8 Å². The highest BCUT2D eigenvalue weighted by Crippen LogP contribution is 2.37. The van der Waals surface area contributed by atoms with Gasteiger partial charge in [-0.2, -0.15) is 0 Å². The number of rotatable bonds is 5. The summed E-state index contributed by atoms with van der Waals surface area (Å²) in [6.07, 6.45) is 2.69. The molecule has 1 saturated heterocycles. The Morgan fingerprint density at radius 2 is 2.06 bits per heavy atom. The molecule has 1 aromatic heterocycles. The zero-order valence-corrected chi connectivity index (χ0v) is 20.3. The van der Waals surface area contributed by atoms with Crippen molar-refractivity contribution in [2.24, 2.45) is 10.7 Å². The van der Waals surface area contributed by atoms with Gasteiger partial charge in [0.15, 0.2) is 0 Å². The van der Waals surface area contributed by atoms with Gasteiger partial charge in [-0.3, -0.25) is 9.69 Å². The van der Waals surface area contributed by atoms with Gasteiger partial charge in [-0.15, -0.1) is 23.1 Å². The lowest BCUT2D eigenvalue weighted by Crippen LogP contribution is -2.39. The fourth-order valence-electron chi connectivity index (χ4n) is 3.76. The van der Waals surface area contributed by atoms with Crippen LogP contribution in [-0.4, -0.2) is 60.3 Å². The molecule has 3 heterocycles. The van der Waals surface area contributed by atoms with E-state index < -0.39 is 0 Å². The van der Waals surface area contributed by atoms with Crippen molar-refractivity contribution in [2.75, 3.05) is 36.8 Å². The van der Waals surface area contributed by atoms with E-state index in [0.29, 0.717) is 5.84 Å². The van der Waals surface area contributed by atoms with Gasteiger partial charge in [-0.25, -0.2) is 4.99 Å². The van der Waals surface area contributed by atoms with Crippen molar-refractivity contribution in [2.45, 2.75) is 44.6 Å². The first kappa shape index (κ1) is 25.2. The number of anilines is 1. The molecule has 0 radical (unpaired) electrons. The van der Waals surface area contributed by atoms with E-state index in [0.717, 1.165) is 42.0 Å². The summed E-state index contributed by atoms with van der Waals surface area (Å²) in [5.74, 6) is 1.73. The Bertz CT molecular complexity index is 827. The molecular formula is C23H34N4O2S2. The Kier molecular flexibility index (Phi) is 10.9. The molecule has 0 spiro atoms. The maximum atomic E-state index is 8.36. The SMILES string of the molecule is CC.CC1CCCN1CCN1CCSc2cc(N=C(N)c3cccs3)ccc21.O=CO. The first-order chi connectivity index (χ1) is 15.1. The van der Waals surface area contributed by atoms with Crippen LogP contribution in [0.4, 0.5) is 11.4 Å². The molecule has 1 aromatic carbocycles. The van der Waals surface area contributed by atoms with Crippen molar-refractivity contribution in [3.05, 3.63) is 40.6 Å². The number of carbonyl (C=O) groups is 1. The second-order valence-corrected chi connectivity index (χ2v) is 9.18. The third kappa shape index (κ3) is 7.26. The van der Waals surface area contributed by atoms with Crippen molar-refractivity contribution < 1.29 is 9.90 Å². The summed E-state index contributed by atoms with van der Waals surface area (Å²) in [6.45, 7) is 10.8. The molecule has 1 unspecified atom stereocenters. The predicted octanol–water partition coefficient (Wildman–Crippen LogP) is 4.91. The molecule has 4 rings (SSSR count). The fourth-order valence-corrected chi connectivity index (χ4v) is 5.47. The molecule has 2 aliphatic heterocycles. The van der Waals surface area contributed by atoms with Crippen LogP contribution in [-0.2, 0) is 4.79 Å². The quantitative estimate of drug-likeness (QED) is 0.373. The molecule has 170 valence electrons. The van der Waals surface area contributed by atoms with Crippen molar-refractivity contribution in [1.82, 2.24) is 4.90 Å². The molecule has 6 nitrogen and oxygen atoms in total. The highest BCUT2D eigenvalue weighted by Gasteiger charge is 2.22. The highest BCUT2D eigenvalue weighted by molar-refractivity contribution is 7.99. The molecule has 2 aromatic rings. The van der Waals surface area contributed by atoms with Crippen LogP contribution < -0.4 is 10.6 Å². The second-order valence-electron chi connectivity index (χ2n) is 7.09. The van der Waals surface area contributed by atoms with E-state index in [1.807, 2.05) is 43.1 Å². The van der Waals surface area contributed by atoms with Gasteiger partial charge < -0.3 is 15.7 Å². The van der Waals surface area contributed by atoms with Gasteiger partial charge in [0.2, 0.25) is 0 Å². The van der Waals surface area contributed by atoms with E-state index in [1.54, 1.807) is 11.3 Å². The summed E-state index contributed by atoms with van der Waals surface area (Å²) >= 11 is 3.55. The van der Waals surface area contributed by atoms with Gasteiger partial charge in [0.1, 0.15) is 5.84 Å². The normalized spacial score (nSPS) is 18.4. The summed E-state index contributed by atoms with van der Waals surface area (Å²) in [5.41, 5.74) is 8.43. The second kappa shape index (κ2) is 13.4. The number of nitrogens with zero attached hydrogens (tertiary/aromatic N) is 3. The van der Waals surface area contributed by atoms with E-state index in [1.165, 1.54) is 30.0 Å². The maximum absolute atomic E-state index is 8.36. The minimum atomic E-state index is -0.250. The standard InChI is InChI=1S/C20H26N4S2.C2H6.CH2O2/c1-15-4-2-8-23(15)9-10-24-11-13-26-19-14-16(6-7-17(19)24)22-20(21)18-5-3-12-25-18;1-2;2-1-3/h3,5-7,12,14-15H,2,4,8-11,13H2,1H3,(H2,21,22);1-2H3;1H,(H,2,3). The summed E-state index contributed by atoms with van der Waals surface area (Å²) in [4.78, 5) is 20.5. The Morgan fingerprint density at radius 3 is 2.71 bits per heavy atom. The molecule has 0 aliphatic carbocycles. The van der Waals surface area contributed by atoms with Crippen LogP contribution in [0.3, 0.4) is 0 Å². The third-order valence-electron chi connectivity index (χ3n) is 5.27. The summed E-state index contributed by atoms with van der Waals surface area (Å²) in [7, 11) is 0. The minimum absolute atomic E-state index is 0.250. The van der Waals surface area contributed by atoms with Crippen LogP contribution in [0.2, 0.25) is 0 Å². The Labute approximate surface area is 194 Å². The molecule has 1 atom stereocenters. The number of fused-ring (bicyclic) bond motifs is 1. The lowest BCUT2D eigenvalue weighted by molar-refractivity contribution is -0.122. The van der Waals surface area contributed by atoms with Crippen LogP contribution in [0, 0.1) is 0 Å². The van der Waals surface area contributed by atoms with E-state index >= 15 is 0 Å². The van der Waals surface area contributed by atoms with Crippen LogP contribution in [0.15, 0.2) is 45.6 Å². The molecule has 31 heavy (non-hydrogen) atoms. The molecule has 3 N–H and O–H groups in total. The average Bonchev–Trinajstić information content (AvgIpc) is 3.46. The zero-order chi connectivity index (χ0) is 22.6. The lowest BCUT2D eigenvalue weighted by atomic mass is 10.2. The van der Waals surface area contributed by atoms with Gasteiger partial charge in [0.05, 0.1) is 16.3 Å². The molecule has 1 fully saturated rings. The number of thioether (sulfide) groups is 1. The predicted molar refractivity (Wildman–Crippen MR) is 134 cm³/mol. The van der Waals surface area contributed by atoms with Crippen LogP contribution in [0.1, 0.15) is 38.5 Å². The zero-order valence-electron chi connectivity index (χ0n) is 18.7. The maximum Gasteiger partial charge on any atom is 0.290 e. The molecule has 0 bridgehead atoms. The number of likely N-dealkylation sites (tertiary alicyclic amines) is 1. The van der Waals surface area contributed by atoms with Crippen molar-refractivity contribution in [1.29, 1.82) is 0 Å². The Hall–Kier alpha value is -2.03. The molecule has 8 heteroatoms. The number of hydrogen-bond acceptors (Lipinski definition) is 6. The minimum Gasteiger partial charge on any atom is -0.483 e. The van der Waals surface area contributed by atoms with Crippen molar-refractivity contribution in [3.8, 4) is 0 Å². The molecule has 2 aliphatic rings. The lowest BCUT2D eigenvalue weighted by Gasteiger charge is -2.33. The van der Waals surface area contributed by atoms with Crippen molar-refractivity contribution in [3.63, 3.8) is 0 Å². The van der Waals surface area contributed by atoms with E-state index in [-0.39, 0.29) is 6.47 Å². The highest BCUT2D eigenvalue weighted by atomic mass is 32.2. The van der Waals surface area contributed by atoms with E-state index in [9.17, 15) is 0 Å². The van der Waals surface area contributed by atoms with Gasteiger partial charge in [0.25, 0.3) is 6.47 Å². The van der Waals surface area contributed by atoms with Crippen LogP contribution in [0.5, 0.6) is 0 Å². The topological polar surface area (TPSA) is 82.2 Å². The average molecular weight is 463 g/mol. The van der Waals surface area contributed by atoms with Gasteiger partial charge in [0, 0.05) is 36.3 Å². The summed E-state index contributed by atoms with van der Waals surface area (Å²) in [5, 5.41) is 8.92. The number of nitrogens with two attached hydrogens (primary N) is 1. The largest absolute Gasteiger partial charge is 0.483 e. The molecule has 0 amide bonds.